The van der Waals surface area contributed by atoms with Gasteiger partial charge in [0, 0.05) is 93.6 Å². The molecule has 2 saturated heterocycles. The first-order chi connectivity index (χ1) is 30.0. The van der Waals surface area contributed by atoms with Gasteiger partial charge in [-0.25, -0.2) is 0 Å². The molecule has 61 heavy (non-hydrogen) atoms. The molecule has 0 aliphatic carbocycles. The fourth-order valence-corrected chi connectivity index (χ4v) is 9.43. The summed E-state index contributed by atoms with van der Waals surface area (Å²) in [5, 5.41) is 0. The number of likely N-dealkylation sites (tertiary alicyclic amines) is 2. The molecule has 8 heteroatoms. The average molecular weight is 814 g/mol. The van der Waals surface area contributed by atoms with Crippen LogP contribution >= 0.6 is 0 Å². The van der Waals surface area contributed by atoms with E-state index in [1.807, 2.05) is 12.1 Å². The van der Waals surface area contributed by atoms with Crippen molar-refractivity contribution in [1.29, 1.82) is 0 Å². The lowest BCUT2D eigenvalue weighted by molar-refractivity contribution is 0.310. The first-order valence-electron chi connectivity index (χ1n) is 22.0. The third-order valence-corrected chi connectivity index (χ3v) is 12.8. The normalized spacial score (nSPS) is 18.2. The first kappa shape index (κ1) is 40.4. The molecule has 0 saturated carbocycles. The van der Waals surface area contributed by atoms with Gasteiger partial charge >= 0.3 is 0 Å². The molecule has 6 aromatic rings. The Hall–Kier alpha value is -5.96. The zero-order valence-electron chi connectivity index (χ0n) is 36.0. The van der Waals surface area contributed by atoms with Crippen molar-refractivity contribution in [2.24, 2.45) is 0 Å². The summed E-state index contributed by atoms with van der Waals surface area (Å²) in [6.45, 7) is 7.85. The van der Waals surface area contributed by atoms with Gasteiger partial charge in [0.05, 0.1) is 18.5 Å². The number of anilines is 5. The Labute approximate surface area is 362 Å². The van der Waals surface area contributed by atoms with Gasteiger partial charge in [0.2, 0.25) is 0 Å². The number of hydrogen-bond acceptors (Lipinski definition) is 8. The summed E-state index contributed by atoms with van der Waals surface area (Å²) in [5.74, 6) is 2.88. The second kappa shape index (κ2) is 18.8. The van der Waals surface area contributed by atoms with Gasteiger partial charge in [-0.1, -0.05) is 84.9 Å². The molecule has 2 fully saturated rings. The van der Waals surface area contributed by atoms with Crippen molar-refractivity contribution >= 4 is 28.4 Å². The highest BCUT2D eigenvalue weighted by Crippen LogP contribution is 2.43. The Kier molecular flexibility index (Phi) is 12.4. The van der Waals surface area contributed by atoms with Gasteiger partial charge in [-0.15, -0.1) is 0 Å². The van der Waals surface area contributed by atoms with E-state index in [0.29, 0.717) is 25.3 Å². The van der Waals surface area contributed by atoms with E-state index in [2.05, 4.69) is 172 Å². The van der Waals surface area contributed by atoms with E-state index in [-0.39, 0.29) is 0 Å². The fourth-order valence-electron chi connectivity index (χ4n) is 9.43. The smallest absolute Gasteiger partial charge is 0.143 e. The summed E-state index contributed by atoms with van der Waals surface area (Å²) in [4.78, 5) is 12.4. The van der Waals surface area contributed by atoms with Gasteiger partial charge in [-0.3, -0.25) is 0 Å². The first-order valence-corrected chi connectivity index (χ1v) is 22.0. The monoisotopic (exact) mass is 813 g/mol. The Balaban J connectivity index is 0.000000156. The Morgan fingerprint density at radius 2 is 0.951 bits per heavy atom. The van der Waals surface area contributed by atoms with Gasteiger partial charge in [-0.2, -0.15) is 0 Å². The molecule has 0 aromatic heterocycles. The topological polar surface area (TPSA) is 43.9 Å². The Morgan fingerprint density at radius 3 is 1.41 bits per heavy atom. The van der Waals surface area contributed by atoms with E-state index in [4.69, 9.17) is 14.2 Å². The van der Waals surface area contributed by atoms with Gasteiger partial charge < -0.3 is 38.7 Å². The van der Waals surface area contributed by atoms with E-state index in [0.717, 1.165) is 75.8 Å². The van der Waals surface area contributed by atoms with Crippen LogP contribution in [0.3, 0.4) is 0 Å². The minimum Gasteiger partial charge on any atom is -0.497 e. The second-order valence-corrected chi connectivity index (χ2v) is 16.9. The van der Waals surface area contributed by atoms with Crippen molar-refractivity contribution in [3.63, 3.8) is 0 Å². The molecular weight excluding hydrogens is 755 g/mol. The predicted octanol–water partition coefficient (Wildman–Crippen LogP) is 10.1. The average Bonchev–Trinajstić information content (AvgIpc) is 3.90. The van der Waals surface area contributed by atoms with Crippen LogP contribution in [-0.4, -0.2) is 82.4 Å². The van der Waals surface area contributed by atoms with Crippen molar-refractivity contribution in [1.82, 2.24) is 9.80 Å². The quantitative estimate of drug-likeness (QED) is 0.136. The van der Waals surface area contributed by atoms with Crippen molar-refractivity contribution in [3.05, 3.63) is 168 Å². The highest BCUT2D eigenvalue weighted by atomic mass is 16.5. The van der Waals surface area contributed by atoms with Crippen LogP contribution in [0.15, 0.2) is 146 Å². The number of methoxy groups -OCH3 is 1. The van der Waals surface area contributed by atoms with Crippen molar-refractivity contribution in [3.8, 4) is 17.2 Å². The van der Waals surface area contributed by atoms with E-state index in [9.17, 15) is 0 Å². The van der Waals surface area contributed by atoms with Crippen LogP contribution in [-0.2, 0) is 26.1 Å². The zero-order valence-corrected chi connectivity index (χ0v) is 36.0. The number of hydrogen-bond donors (Lipinski definition) is 0. The number of fused-ring (bicyclic) bond motifs is 4. The molecule has 6 aromatic carbocycles. The Bertz CT molecular complexity index is 2270. The number of nitrogens with zero attached hydrogens (tertiary/aromatic N) is 5. The molecule has 4 aliphatic rings. The summed E-state index contributed by atoms with van der Waals surface area (Å²) in [6.07, 6.45) is 4.48. The fraction of sp³-hybridized carbons (Fsp3) is 0.321. The third-order valence-electron chi connectivity index (χ3n) is 12.8. The van der Waals surface area contributed by atoms with E-state index in [1.54, 1.807) is 7.11 Å². The largest absolute Gasteiger partial charge is 0.497 e. The molecule has 314 valence electrons. The molecule has 8 nitrogen and oxygen atoms in total. The van der Waals surface area contributed by atoms with Gasteiger partial charge in [-0.05, 0) is 97.5 Å². The molecule has 4 heterocycles. The summed E-state index contributed by atoms with van der Waals surface area (Å²) in [5.41, 5.74) is 11.5. The molecule has 0 spiro atoms. The van der Waals surface area contributed by atoms with Gasteiger partial charge in [0.25, 0.3) is 0 Å². The maximum absolute atomic E-state index is 6.16. The third kappa shape index (κ3) is 9.21. The van der Waals surface area contributed by atoms with Crippen LogP contribution in [0.25, 0.3) is 0 Å². The lowest BCUT2D eigenvalue weighted by atomic mass is 10.1. The lowest BCUT2D eigenvalue weighted by Crippen LogP contribution is -2.35. The summed E-state index contributed by atoms with van der Waals surface area (Å²) in [6, 6.07) is 52.6. The summed E-state index contributed by atoms with van der Waals surface area (Å²) < 4.78 is 17.6. The minimum atomic E-state index is 0.449. The Morgan fingerprint density at radius 1 is 0.525 bits per heavy atom. The van der Waals surface area contributed by atoms with Gasteiger partial charge in [0.15, 0.2) is 0 Å². The van der Waals surface area contributed by atoms with E-state index in [1.165, 1.54) is 57.1 Å². The molecule has 0 N–H and O–H groups in total. The van der Waals surface area contributed by atoms with E-state index < -0.39 is 0 Å². The molecule has 0 bridgehead atoms. The maximum Gasteiger partial charge on any atom is 0.143 e. The van der Waals surface area contributed by atoms with Crippen LogP contribution in [0.2, 0.25) is 0 Å². The number of para-hydroxylation sites is 6. The van der Waals surface area contributed by atoms with E-state index >= 15 is 0 Å². The second-order valence-electron chi connectivity index (χ2n) is 16.9. The number of rotatable bonds is 10. The molecule has 2 atom stereocenters. The molecular formula is C53H59N5O3. The van der Waals surface area contributed by atoms with Crippen molar-refractivity contribution in [2.45, 2.75) is 51.0 Å². The lowest BCUT2D eigenvalue weighted by Gasteiger charge is -2.32. The SMILES string of the molecule is CN(C)c1ccc(CCN2CCC(N3c4ccccc4COc4ccccc43)C2)cc1.COc1ccc(CCN2CCC(N3c4ccccc4COc4ccccc43)C2)cc1. The highest BCUT2D eigenvalue weighted by molar-refractivity contribution is 5.75. The van der Waals surface area contributed by atoms with Crippen LogP contribution in [0.4, 0.5) is 28.4 Å². The molecule has 2 unspecified atom stereocenters. The van der Waals surface area contributed by atoms with Crippen LogP contribution < -0.4 is 28.9 Å². The zero-order chi connectivity index (χ0) is 41.5. The van der Waals surface area contributed by atoms with Crippen LogP contribution in [0, 0.1) is 0 Å². The standard InChI is InChI=1S/C27H31N3O.C26H28N2O2/c1-28(2)23-13-11-21(12-14-23)15-17-29-18-16-24(19-29)30-25-8-4-3-7-22(25)20-31-27-10-6-5-9-26(27)30;1-29-23-12-10-20(11-13-23)14-16-27-17-15-22(18-27)28-24-7-3-2-6-21(24)19-30-26-9-5-4-8-25(26)28/h3-14,24H,15-20H2,1-2H3;2-13,22H,14-19H2,1H3. The minimum absolute atomic E-state index is 0.449. The maximum atomic E-state index is 6.16. The number of ether oxygens (including phenoxy) is 3. The summed E-state index contributed by atoms with van der Waals surface area (Å²) in [7, 11) is 5.89. The molecule has 10 rings (SSSR count). The molecule has 4 aliphatic heterocycles. The van der Waals surface area contributed by atoms with Gasteiger partial charge in [0.1, 0.15) is 30.5 Å². The molecule has 0 radical (unpaired) electrons. The number of benzene rings is 6. The predicted molar refractivity (Wildman–Crippen MR) is 250 cm³/mol. The van der Waals surface area contributed by atoms with Crippen LogP contribution in [0.5, 0.6) is 17.2 Å². The highest BCUT2D eigenvalue weighted by Gasteiger charge is 2.34. The van der Waals surface area contributed by atoms with Crippen molar-refractivity contribution in [2.75, 3.05) is 75.2 Å². The van der Waals surface area contributed by atoms with Crippen LogP contribution in [0.1, 0.15) is 35.1 Å². The molecule has 0 amide bonds. The van der Waals surface area contributed by atoms with Crippen molar-refractivity contribution < 1.29 is 14.2 Å². The summed E-state index contributed by atoms with van der Waals surface area (Å²) >= 11 is 0.